The smallest absolute Gasteiger partial charge is 0.272 e. The molecule has 1 aliphatic heterocycles. The molecule has 3 heterocycles. The van der Waals surface area contributed by atoms with Gasteiger partial charge in [-0.25, -0.2) is 4.68 Å². The number of hydrogen-bond acceptors (Lipinski definition) is 5. The van der Waals surface area contributed by atoms with Gasteiger partial charge in [0.15, 0.2) is 0 Å². The number of likely N-dealkylation sites (tertiary alicyclic amines) is 1. The standard InChI is InChI=1S/C19H22N6O2/c1-2-24-18(8-9-20-24)19(26)23-11-17(12-23)25-10-16(21-22-25)14-27-13-15-6-4-3-5-7-15/h3-10,17H,2,11-14H2,1H3. The third-order valence-electron chi connectivity index (χ3n) is 4.68. The van der Waals surface area contributed by atoms with Crippen LogP contribution in [0.15, 0.2) is 48.8 Å². The second-order valence-electron chi connectivity index (χ2n) is 6.56. The number of aryl methyl sites for hydroxylation is 1. The van der Waals surface area contributed by atoms with Crippen LogP contribution < -0.4 is 0 Å². The lowest BCUT2D eigenvalue weighted by Crippen LogP contribution is -2.51. The summed E-state index contributed by atoms with van der Waals surface area (Å²) < 4.78 is 9.23. The number of hydrogen-bond donors (Lipinski definition) is 0. The van der Waals surface area contributed by atoms with Crippen LogP contribution in [0, 0.1) is 0 Å². The quantitative estimate of drug-likeness (QED) is 0.638. The Morgan fingerprint density at radius 1 is 1.19 bits per heavy atom. The average Bonchev–Trinajstić information content (AvgIpc) is 3.30. The summed E-state index contributed by atoms with van der Waals surface area (Å²) in [6.07, 6.45) is 3.56. The maximum Gasteiger partial charge on any atom is 0.272 e. The second kappa shape index (κ2) is 7.71. The highest BCUT2D eigenvalue weighted by Crippen LogP contribution is 2.22. The van der Waals surface area contributed by atoms with Crippen LogP contribution in [0.5, 0.6) is 0 Å². The molecule has 0 unspecified atom stereocenters. The van der Waals surface area contributed by atoms with E-state index in [-0.39, 0.29) is 11.9 Å². The molecule has 1 aliphatic rings. The molecule has 0 bridgehead atoms. The molecule has 0 radical (unpaired) electrons. The zero-order valence-corrected chi connectivity index (χ0v) is 15.2. The van der Waals surface area contributed by atoms with E-state index >= 15 is 0 Å². The van der Waals surface area contributed by atoms with E-state index in [0.29, 0.717) is 38.5 Å². The van der Waals surface area contributed by atoms with Gasteiger partial charge < -0.3 is 9.64 Å². The van der Waals surface area contributed by atoms with Crippen LogP contribution in [0.3, 0.4) is 0 Å². The Morgan fingerprint density at radius 3 is 2.78 bits per heavy atom. The summed E-state index contributed by atoms with van der Waals surface area (Å²) in [6, 6.07) is 11.9. The summed E-state index contributed by atoms with van der Waals surface area (Å²) in [4.78, 5) is 14.3. The lowest BCUT2D eigenvalue weighted by Gasteiger charge is -2.38. The highest BCUT2D eigenvalue weighted by Gasteiger charge is 2.34. The summed E-state index contributed by atoms with van der Waals surface area (Å²) in [7, 11) is 0. The largest absolute Gasteiger partial charge is 0.370 e. The Kier molecular flexibility index (Phi) is 4.97. The minimum absolute atomic E-state index is 0.0112. The van der Waals surface area contributed by atoms with Crippen LogP contribution in [0.2, 0.25) is 0 Å². The summed E-state index contributed by atoms with van der Waals surface area (Å²) in [5.74, 6) is 0.0112. The Bertz CT molecular complexity index is 898. The molecule has 8 nitrogen and oxygen atoms in total. The first kappa shape index (κ1) is 17.4. The van der Waals surface area contributed by atoms with Gasteiger partial charge in [0, 0.05) is 25.8 Å². The Morgan fingerprint density at radius 2 is 2.00 bits per heavy atom. The number of carbonyl (C=O) groups excluding carboxylic acids is 1. The lowest BCUT2D eigenvalue weighted by atomic mass is 10.1. The van der Waals surface area contributed by atoms with Crippen LogP contribution in [0.4, 0.5) is 0 Å². The van der Waals surface area contributed by atoms with E-state index in [1.165, 1.54) is 0 Å². The molecular weight excluding hydrogens is 344 g/mol. The number of carbonyl (C=O) groups is 1. The summed E-state index contributed by atoms with van der Waals surface area (Å²) >= 11 is 0. The summed E-state index contributed by atoms with van der Waals surface area (Å²) in [6.45, 7) is 4.87. The van der Waals surface area contributed by atoms with Crippen molar-refractivity contribution >= 4 is 5.91 Å². The molecule has 0 N–H and O–H groups in total. The van der Waals surface area contributed by atoms with Crippen molar-refractivity contribution < 1.29 is 9.53 Å². The fourth-order valence-corrected chi connectivity index (χ4v) is 3.12. The fourth-order valence-electron chi connectivity index (χ4n) is 3.12. The topological polar surface area (TPSA) is 78.1 Å². The molecule has 0 saturated carbocycles. The fraction of sp³-hybridized carbons (Fsp3) is 0.368. The third-order valence-corrected chi connectivity index (χ3v) is 4.68. The minimum atomic E-state index is 0.0112. The molecule has 2 aromatic heterocycles. The highest BCUT2D eigenvalue weighted by molar-refractivity contribution is 5.93. The van der Waals surface area contributed by atoms with E-state index in [0.717, 1.165) is 11.3 Å². The van der Waals surface area contributed by atoms with Gasteiger partial charge >= 0.3 is 0 Å². The van der Waals surface area contributed by atoms with Gasteiger partial charge in [0.05, 0.1) is 25.5 Å². The molecule has 1 aromatic carbocycles. The van der Waals surface area contributed by atoms with E-state index < -0.39 is 0 Å². The van der Waals surface area contributed by atoms with Gasteiger partial charge in [-0.15, -0.1) is 5.10 Å². The molecule has 0 atom stereocenters. The van der Waals surface area contributed by atoms with Gasteiger partial charge in [-0.3, -0.25) is 9.48 Å². The van der Waals surface area contributed by atoms with Gasteiger partial charge in [-0.2, -0.15) is 5.10 Å². The molecule has 1 saturated heterocycles. The van der Waals surface area contributed by atoms with E-state index in [1.54, 1.807) is 21.8 Å². The number of ether oxygens (including phenoxy) is 1. The first-order valence-electron chi connectivity index (χ1n) is 9.08. The maximum atomic E-state index is 12.5. The van der Waals surface area contributed by atoms with Gasteiger partial charge in [0.1, 0.15) is 11.4 Å². The highest BCUT2D eigenvalue weighted by atomic mass is 16.5. The molecule has 0 aliphatic carbocycles. The van der Waals surface area contributed by atoms with Crippen molar-refractivity contribution in [3.63, 3.8) is 0 Å². The van der Waals surface area contributed by atoms with Gasteiger partial charge in [-0.05, 0) is 18.6 Å². The van der Waals surface area contributed by atoms with Crippen molar-refractivity contribution in [2.75, 3.05) is 13.1 Å². The Labute approximate surface area is 157 Å². The number of amides is 1. The number of nitrogens with zero attached hydrogens (tertiary/aromatic N) is 6. The maximum absolute atomic E-state index is 12.5. The van der Waals surface area contributed by atoms with E-state index in [9.17, 15) is 4.79 Å². The van der Waals surface area contributed by atoms with Crippen LogP contribution >= 0.6 is 0 Å². The summed E-state index contributed by atoms with van der Waals surface area (Å²) in [5.41, 5.74) is 2.55. The van der Waals surface area contributed by atoms with Crippen molar-refractivity contribution in [3.8, 4) is 0 Å². The van der Waals surface area contributed by atoms with Crippen molar-refractivity contribution in [2.24, 2.45) is 0 Å². The van der Waals surface area contributed by atoms with Crippen molar-refractivity contribution in [1.82, 2.24) is 29.7 Å². The van der Waals surface area contributed by atoms with Gasteiger partial charge in [0.2, 0.25) is 0 Å². The van der Waals surface area contributed by atoms with Crippen molar-refractivity contribution in [1.29, 1.82) is 0 Å². The first-order chi connectivity index (χ1) is 13.2. The molecule has 140 valence electrons. The van der Waals surface area contributed by atoms with Crippen LogP contribution in [-0.2, 0) is 24.5 Å². The Hall–Kier alpha value is -3.00. The normalized spacial score (nSPS) is 14.3. The van der Waals surface area contributed by atoms with E-state index in [2.05, 4.69) is 15.4 Å². The first-order valence-corrected chi connectivity index (χ1v) is 9.08. The van der Waals surface area contributed by atoms with Crippen molar-refractivity contribution in [2.45, 2.75) is 32.7 Å². The van der Waals surface area contributed by atoms with E-state index in [1.807, 2.05) is 48.1 Å². The molecular formula is C19H22N6O2. The van der Waals surface area contributed by atoms with Crippen LogP contribution in [-0.4, -0.2) is 48.7 Å². The monoisotopic (exact) mass is 366 g/mol. The van der Waals surface area contributed by atoms with Crippen LogP contribution in [0.1, 0.15) is 34.7 Å². The van der Waals surface area contributed by atoms with E-state index in [4.69, 9.17) is 4.74 Å². The molecule has 8 heteroatoms. The second-order valence-corrected chi connectivity index (χ2v) is 6.56. The molecule has 1 amide bonds. The minimum Gasteiger partial charge on any atom is -0.370 e. The third kappa shape index (κ3) is 3.75. The lowest BCUT2D eigenvalue weighted by molar-refractivity contribution is 0.0485. The van der Waals surface area contributed by atoms with Gasteiger partial charge in [-0.1, -0.05) is 35.5 Å². The molecule has 3 aromatic rings. The summed E-state index contributed by atoms with van der Waals surface area (Å²) in [5, 5.41) is 12.5. The predicted molar refractivity (Wildman–Crippen MR) is 97.8 cm³/mol. The molecule has 1 fully saturated rings. The Balaban J connectivity index is 1.27. The molecule has 27 heavy (non-hydrogen) atoms. The number of aromatic nitrogens is 5. The molecule has 4 rings (SSSR count). The number of rotatable bonds is 7. The predicted octanol–water partition coefficient (Wildman–Crippen LogP) is 1.91. The van der Waals surface area contributed by atoms with Crippen molar-refractivity contribution in [3.05, 3.63) is 65.7 Å². The molecule has 0 spiro atoms. The number of benzene rings is 1. The zero-order chi connectivity index (χ0) is 18.6. The zero-order valence-electron chi connectivity index (χ0n) is 15.2. The van der Waals surface area contributed by atoms with Gasteiger partial charge in [0.25, 0.3) is 5.91 Å². The average molecular weight is 366 g/mol. The van der Waals surface area contributed by atoms with Crippen LogP contribution in [0.25, 0.3) is 0 Å². The SMILES string of the molecule is CCn1nccc1C(=O)N1CC(n2cc(COCc3ccccc3)nn2)C1.